The monoisotopic (exact) mass is 361 g/mol. The average molecular weight is 361 g/mol. The minimum atomic E-state index is -0.0988. The number of aliphatic hydroxyl groups is 1. The van der Waals surface area contributed by atoms with Gasteiger partial charge in [-0.1, -0.05) is 5.16 Å². The summed E-state index contributed by atoms with van der Waals surface area (Å²) in [6.07, 6.45) is 1.35. The molecule has 1 N–H and O–H groups in total. The summed E-state index contributed by atoms with van der Waals surface area (Å²) in [6.45, 7) is 5.14. The molecule has 0 aromatic carbocycles. The van der Waals surface area contributed by atoms with Crippen LogP contribution in [0.4, 0.5) is 0 Å². The van der Waals surface area contributed by atoms with E-state index in [0.29, 0.717) is 25.3 Å². The van der Waals surface area contributed by atoms with Crippen LogP contribution in [0.5, 0.6) is 0 Å². The van der Waals surface area contributed by atoms with Gasteiger partial charge in [0.25, 0.3) is 5.91 Å². The Labute approximate surface area is 153 Å². The van der Waals surface area contributed by atoms with Crippen LogP contribution in [0.15, 0.2) is 21.1 Å². The number of furan rings is 1. The van der Waals surface area contributed by atoms with E-state index in [1.54, 1.807) is 6.07 Å². The molecule has 3 heterocycles. The topological polar surface area (TPSA) is 83.0 Å². The molecule has 2 atom stereocenters. The second-order valence-corrected chi connectivity index (χ2v) is 7.26. The number of hydrogen-bond donors (Lipinski definition) is 1. The summed E-state index contributed by atoms with van der Waals surface area (Å²) in [5.41, 5.74) is 1.83. The zero-order valence-corrected chi connectivity index (χ0v) is 15.9. The van der Waals surface area contributed by atoms with Crippen LogP contribution in [0.2, 0.25) is 0 Å². The van der Waals surface area contributed by atoms with Gasteiger partial charge in [0.05, 0.1) is 5.69 Å². The van der Waals surface area contributed by atoms with Crippen molar-refractivity contribution in [1.29, 1.82) is 0 Å². The summed E-state index contributed by atoms with van der Waals surface area (Å²) in [6, 6.07) is 3.72. The molecule has 0 aliphatic carbocycles. The first-order valence-corrected chi connectivity index (χ1v) is 8.97. The van der Waals surface area contributed by atoms with Crippen LogP contribution in [-0.2, 0) is 6.42 Å². The van der Waals surface area contributed by atoms with Crippen LogP contribution in [0.1, 0.15) is 39.8 Å². The van der Waals surface area contributed by atoms with Crippen molar-refractivity contribution in [1.82, 2.24) is 15.0 Å². The van der Waals surface area contributed by atoms with Gasteiger partial charge in [-0.2, -0.15) is 0 Å². The standard InChI is InChI=1S/C19H27N3O4/c1-12-16(13(2)26-20-12)9-15-5-6-18(25-15)19(24)22-8-7-14(11-23)17(10-22)21(3)4/h5-6,14,17,23H,7-11H2,1-4H3/t14-,17-/m1/s1. The van der Waals surface area contributed by atoms with E-state index < -0.39 is 0 Å². The molecule has 7 heteroatoms. The van der Waals surface area contributed by atoms with E-state index in [1.165, 1.54) is 0 Å². The molecule has 1 fully saturated rings. The summed E-state index contributed by atoms with van der Waals surface area (Å²) in [5, 5.41) is 13.5. The molecule has 1 aliphatic rings. The number of aryl methyl sites for hydroxylation is 2. The number of rotatable bonds is 5. The quantitative estimate of drug-likeness (QED) is 0.875. The number of nitrogens with zero attached hydrogens (tertiary/aromatic N) is 3. The lowest BCUT2D eigenvalue weighted by atomic mass is 9.91. The molecular formula is C19H27N3O4. The van der Waals surface area contributed by atoms with Crippen LogP contribution in [-0.4, -0.2) is 65.8 Å². The molecule has 1 saturated heterocycles. The Bertz CT molecular complexity index is 745. The molecule has 142 valence electrons. The maximum atomic E-state index is 12.8. The first-order chi connectivity index (χ1) is 12.4. The number of aliphatic hydroxyl groups excluding tert-OH is 1. The molecular weight excluding hydrogens is 334 g/mol. The molecule has 1 aliphatic heterocycles. The minimum absolute atomic E-state index is 0.0988. The molecule has 0 radical (unpaired) electrons. The summed E-state index contributed by atoms with van der Waals surface area (Å²) < 4.78 is 11.0. The number of piperidine rings is 1. The van der Waals surface area contributed by atoms with Crippen molar-refractivity contribution in [3.8, 4) is 0 Å². The van der Waals surface area contributed by atoms with E-state index in [2.05, 4.69) is 10.1 Å². The first kappa shape index (κ1) is 18.7. The number of likely N-dealkylation sites (tertiary alicyclic amines) is 1. The Balaban J connectivity index is 1.70. The van der Waals surface area contributed by atoms with Gasteiger partial charge in [-0.3, -0.25) is 4.79 Å². The van der Waals surface area contributed by atoms with Gasteiger partial charge in [-0.25, -0.2) is 0 Å². The van der Waals surface area contributed by atoms with Crippen molar-refractivity contribution in [2.24, 2.45) is 5.92 Å². The number of likely N-dealkylation sites (N-methyl/N-ethyl adjacent to an activating group) is 1. The SMILES string of the molecule is Cc1noc(C)c1Cc1ccc(C(=O)N2CC[C@H](CO)[C@H](N(C)C)C2)o1. The van der Waals surface area contributed by atoms with Crippen molar-refractivity contribution in [3.63, 3.8) is 0 Å². The zero-order chi connectivity index (χ0) is 18.8. The Morgan fingerprint density at radius 3 is 2.77 bits per heavy atom. The van der Waals surface area contributed by atoms with Gasteiger partial charge in [-0.05, 0) is 46.5 Å². The highest BCUT2D eigenvalue weighted by Gasteiger charge is 2.33. The lowest BCUT2D eigenvalue weighted by molar-refractivity contribution is 0.0357. The van der Waals surface area contributed by atoms with Gasteiger partial charge >= 0.3 is 0 Å². The predicted octanol–water partition coefficient (Wildman–Crippen LogP) is 1.86. The fraction of sp³-hybridized carbons (Fsp3) is 0.579. The molecule has 2 aromatic heterocycles. The van der Waals surface area contributed by atoms with Crippen LogP contribution in [0.25, 0.3) is 0 Å². The summed E-state index contributed by atoms with van der Waals surface area (Å²) in [7, 11) is 3.96. The van der Waals surface area contributed by atoms with E-state index in [4.69, 9.17) is 8.94 Å². The number of carbonyl (C=O) groups is 1. The lowest BCUT2D eigenvalue weighted by Crippen LogP contribution is -2.53. The molecule has 2 aromatic rings. The number of carbonyl (C=O) groups excluding carboxylic acids is 1. The molecule has 0 bridgehead atoms. The molecule has 3 rings (SSSR count). The maximum Gasteiger partial charge on any atom is 0.289 e. The molecule has 0 unspecified atom stereocenters. The van der Waals surface area contributed by atoms with Gasteiger partial charge in [0.1, 0.15) is 11.5 Å². The maximum absolute atomic E-state index is 12.8. The van der Waals surface area contributed by atoms with Crippen LogP contribution in [0, 0.1) is 19.8 Å². The molecule has 0 spiro atoms. The van der Waals surface area contributed by atoms with E-state index in [1.807, 2.05) is 38.9 Å². The van der Waals surface area contributed by atoms with Gasteiger partial charge in [-0.15, -0.1) is 0 Å². The summed E-state index contributed by atoms with van der Waals surface area (Å²) in [4.78, 5) is 16.7. The highest BCUT2D eigenvalue weighted by atomic mass is 16.5. The van der Waals surface area contributed by atoms with E-state index in [-0.39, 0.29) is 24.5 Å². The average Bonchev–Trinajstić information content (AvgIpc) is 3.22. The second-order valence-electron chi connectivity index (χ2n) is 7.26. The third-order valence-electron chi connectivity index (χ3n) is 5.31. The van der Waals surface area contributed by atoms with Crippen molar-refractivity contribution in [2.45, 2.75) is 32.7 Å². The highest BCUT2D eigenvalue weighted by molar-refractivity contribution is 5.91. The first-order valence-electron chi connectivity index (χ1n) is 8.97. The van der Waals surface area contributed by atoms with Crippen LogP contribution < -0.4 is 0 Å². The van der Waals surface area contributed by atoms with Crippen molar-refractivity contribution in [2.75, 3.05) is 33.8 Å². The number of aromatic nitrogens is 1. The third-order valence-corrected chi connectivity index (χ3v) is 5.31. The van der Waals surface area contributed by atoms with Crippen molar-refractivity contribution in [3.05, 3.63) is 40.7 Å². The van der Waals surface area contributed by atoms with Crippen molar-refractivity contribution < 1.29 is 18.8 Å². The van der Waals surface area contributed by atoms with Crippen LogP contribution >= 0.6 is 0 Å². The van der Waals surface area contributed by atoms with E-state index >= 15 is 0 Å². The van der Waals surface area contributed by atoms with E-state index in [9.17, 15) is 9.90 Å². The van der Waals surface area contributed by atoms with Gasteiger partial charge in [0, 0.05) is 43.6 Å². The zero-order valence-electron chi connectivity index (χ0n) is 15.9. The smallest absolute Gasteiger partial charge is 0.289 e. The largest absolute Gasteiger partial charge is 0.456 e. The van der Waals surface area contributed by atoms with Gasteiger partial charge < -0.3 is 23.8 Å². The number of hydrogen-bond acceptors (Lipinski definition) is 6. The fourth-order valence-electron chi connectivity index (χ4n) is 3.63. The van der Waals surface area contributed by atoms with E-state index in [0.717, 1.165) is 29.2 Å². The summed E-state index contributed by atoms with van der Waals surface area (Å²) >= 11 is 0. The third kappa shape index (κ3) is 3.68. The number of amides is 1. The molecule has 26 heavy (non-hydrogen) atoms. The Hall–Kier alpha value is -2.12. The van der Waals surface area contributed by atoms with Crippen molar-refractivity contribution >= 4 is 5.91 Å². The summed E-state index contributed by atoms with van der Waals surface area (Å²) in [5.74, 6) is 1.94. The fourth-order valence-corrected chi connectivity index (χ4v) is 3.63. The van der Waals surface area contributed by atoms with Gasteiger partial charge in [0.2, 0.25) is 0 Å². The Morgan fingerprint density at radius 1 is 1.38 bits per heavy atom. The molecule has 7 nitrogen and oxygen atoms in total. The Morgan fingerprint density at radius 2 is 2.15 bits per heavy atom. The second kappa shape index (κ2) is 7.63. The Kier molecular flexibility index (Phi) is 5.48. The predicted molar refractivity (Wildman–Crippen MR) is 96.1 cm³/mol. The molecule has 0 saturated carbocycles. The normalized spacial score (nSPS) is 20.8. The molecule has 1 amide bonds. The minimum Gasteiger partial charge on any atom is -0.456 e. The highest BCUT2D eigenvalue weighted by Crippen LogP contribution is 2.24. The van der Waals surface area contributed by atoms with Gasteiger partial charge in [0.15, 0.2) is 5.76 Å². The lowest BCUT2D eigenvalue weighted by Gasteiger charge is -2.40. The van der Waals surface area contributed by atoms with Crippen LogP contribution in [0.3, 0.4) is 0 Å².